The summed E-state index contributed by atoms with van der Waals surface area (Å²) in [5.74, 6) is 1.38. The molecular formula is C21H23BIN4O3. The van der Waals surface area contributed by atoms with Crippen LogP contribution in [0.1, 0.15) is 30.4 Å². The van der Waals surface area contributed by atoms with E-state index in [4.69, 9.17) is 25.7 Å². The first-order valence-electron chi connectivity index (χ1n) is 9.46. The fourth-order valence-electron chi connectivity index (χ4n) is 3.61. The number of anilines is 2. The predicted octanol–water partition coefficient (Wildman–Crippen LogP) is 3.42. The maximum Gasteiger partial charge on any atom is 0.205 e. The third-order valence-corrected chi connectivity index (χ3v) is 5.57. The van der Waals surface area contributed by atoms with Crippen LogP contribution in [0, 0.1) is 11.3 Å². The van der Waals surface area contributed by atoms with Crippen LogP contribution in [0.4, 0.5) is 11.4 Å². The first-order valence-corrected chi connectivity index (χ1v) is 10.5. The zero-order valence-corrected chi connectivity index (χ0v) is 19.2. The van der Waals surface area contributed by atoms with E-state index in [0.717, 1.165) is 29.3 Å². The highest BCUT2D eigenvalue weighted by Gasteiger charge is 2.34. The number of allylic oxidation sites excluding steroid dienone is 1. The number of hydrogen-bond donors (Lipinski definition) is 3. The minimum Gasteiger partial charge on any atom is -0.493 e. The highest BCUT2D eigenvalue weighted by atomic mass is 127. The van der Waals surface area contributed by atoms with E-state index >= 15 is 0 Å². The standard InChI is InChI=1S/C21H23BIN4O3/c1-4-7-22-14-8-11(9-16(28-2)20(14)29-3)17-12-5-6-15(25)18(27-23)19(12)30-21(26)13(17)10-24/h5-6,8-9,17,27H,4,7,25-26H2,1-3H3/t17-/m1/s1. The fourth-order valence-corrected chi connectivity index (χ4v) is 4.17. The summed E-state index contributed by atoms with van der Waals surface area (Å²) in [6, 6.07) is 9.75. The van der Waals surface area contributed by atoms with Gasteiger partial charge in [-0.1, -0.05) is 31.8 Å². The SMILES string of the molecule is CCC[B]c1cc([C@H]2C(C#N)=C(N)Oc3c2ccc(N)c3NI)cc(OC)c1OC. The maximum atomic E-state index is 9.86. The fraction of sp³-hybridized carbons (Fsp3) is 0.286. The molecule has 30 heavy (non-hydrogen) atoms. The normalized spacial score (nSPS) is 15.0. The Hall–Kier alpha value is -2.74. The molecule has 7 nitrogen and oxygen atoms in total. The van der Waals surface area contributed by atoms with Crippen LogP contribution in [0.15, 0.2) is 35.7 Å². The zero-order valence-electron chi connectivity index (χ0n) is 17.1. The molecule has 1 aliphatic heterocycles. The molecule has 1 atom stereocenters. The number of benzene rings is 2. The molecule has 0 fully saturated rings. The summed E-state index contributed by atoms with van der Waals surface area (Å²) >= 11 is 2.00. The maximum absolute atomic E-state index is 9.86. The molecule has 1 aliphatic rings. The Morgan fingerprint density at radius 2 is 2.03 bits per heavy atom. The minimum absolute atomic E-state index is 0.0578. The third-order valence-electron chi connectivity index (χ3n) is 5.03. The molecule has 0 saturated carbocycles. The zero-order chi connectivity index (χ0) is 21.8. The lowest BCUT2D eigenvalue weighted by Gasteiger charge is -2.29. The number of fused-ring (bicyclic) bond motifs is 1. The number of rotatable bonds is 7. The number of ether oxygens (including phenoxy) is 3. The second-order valence-corrected chi connectivity index (χ2v) is 7.35. The molecule has 5 N–H and O–H groups in total. The first-order chi connectivity index (χ1) is 14.5. The van der Waals surface area contributed by atoms with Crippen molar-refractivity contribution in [2.75, 3.05) is 23.5 Å². The Kier molecular flexibility index (Phi) is 6.87. The molecule has 0 aromatic heterocycles. The van der Waals surface area contributed by atoms with Crippen molar-refractivity contribution in [2.45, 2.75) is 25.6 Å². The third kappa shape index (κ3) is 3.84. The topological polar surface area (TPSA) is 116 Å². The van der Waals surface area contributed by atoms with Crippen LogP contribution in [0.25, 0.3) is 0 Å². The van der Waals surface area contributed by atoms with Crippen molar-refractivity contribution in [3.05, 3.63) is 46.8 Å². The predicted molar refractivity (Wildman–Crippen MR) is 128 cm³/mol. The van der Waals surface area contributed by atoms with Crippen LogP contribution in [-0.4, -0.2) is 21.5 Å². The summed E-state index contributed by atoms with van der Waals surface area (Å²) in [7, 11) is 5.31. The van der Waals surface area contributed by atoms with Crippen LogP contribution in [0.5, 0.6) is 17.2 Å². The summed E-state index contributed by atoms with van der Waals surface area (Å²) in [5, 5.41) is 9.86. The van der Waals surface area contributed by atoms with Gasteiger partial charge in [0.05, 0.1) is 48.7 Å². The van der Waals surface area contributed by atoms with E-state index < -0.39 is 5.92 Å². The second kappa shape index (κ2) is 9.39. The Labute approximate surface area is 191 Å². The largest absolute Gasteiger partial charge is 0.493 e. The number of halogens is 1. The number of methoxy groups -OCH3 is 2. The van der Waals surface area contributed by atoms with E-state index in [-0.39, 0.29) is 5.88 Å². The average molecular weight is 517 g/mol. The van der Waals surface area contributed by atoms with Gasteiger partial charge in [-0.05, 0) is 23.2 Å². The number of hydrogen-bond acceptors (Lipinski definition) is 7. The molecule has 0 unspecified atom stereocenters. The smallest absolute Gasteiger partial charge is 0.205 e. The van der Waals surface area contributed by atoms with E-state index in [2.05, 4.69) is 23.8 Å². The Bertz CT molecular complexity index is 1040. The Morgan fingerprint density at radius 3 is 2.63 bits per heavy atom. The molecule has 2 aromatic carbocycles. The van der Waals surface area contributed by atoms with Crippen LogP contribution in [-0.2, 0) is 0 Å². The van der Waals surface area contributed by atoms with Gasteiger partial charge in [-0.15, -0.1) is 0 Å². The molecule has 0 amide bonds. The lowest BCUT2D eigenvalue weighted by molar-refractivity contribution is 0.356. The van der Waals surface area contributed by atoms with Crippen LogP contribution >= 0.6 is 22.9 Å². The number of nitrogens with two attached hydrogens (primary N) is 2. The van der Waals surface area contributed by atoms with Crippen molar-refractivity contribution in [2.24, 2.45) is 5.73 Å². The number of nitrogens with zero attached hydrogens (tertiary/aromatic N) is 1. The van der Waals surface area contributed by atoms with Gasteiger partial charge in [0.15, 0.2) is 24.5 Å². The highest BCUT2D eigenvalue weighted by molar-refractivity contribution is 14.1. The molecule has 0 aliphatic carbocycles. The summed E-state index contributed by atoms with van der Waals surface area (Å²) < 4.78 is 20.0. The average Bonchev–Trinajstić information content (AvgIpc) is 2.75. The summed E-state index contributed by atoms with van der Waals surface area (Å²) in [6.45, 7) is 2.11. The highest BCUT2D eigenvalue weighted by Crippen LogP contribution is 2.48. The lowest BCUT2D eigenvalue weighted by Crippen LogP contribution is -2.24. The van der Waals surface area contributed by atoms with E-state index in [1.807, 2.05) is 41.1 Å². The number of nitriles is 1. The molecule has 0 bridgehead atoms. The van der Waals surface area contributed by atoms with Crippen molar-refractivity contribution in [1.29, 1.82) is 5.26 Å². The Balaban J connectivity index is 2.27. The van der Waals surface area contributed by atoms with Crippen molar-refractivity contribution in [3.8, 4) is 23.3 Å². The summed E-state index contributed by atoms with van der Waals surface area (Å²) in [5.41, 5.74) is 16.3. The molecule has 1 heterocycles. The molecule has 0 spiro atoms. The van der Waals surface area contributed by atoms with E-state index in [9.17, 15) is 5.26 Å². The lowest BCUT2D eigenvalue weighted by atomic mass is 9.65. The molecule has 3 rings (SSSR count). The summed E-state index contributed by atoms with van der Waals surface area (Å²) in [4.78, 5) is 0. The van der Waals surface area contributed by atoms with Crippen molar-refractivity contribution < 1.29 is 14.2 Å². The van der Waals surface area contributed by atoms with Gasteiger partial charge in [-0.25, -0.2) is 0 Å². The van der Waals surface area contributed by atoms with Gasteiger partial charge < -0.3 is 29.2 Å². The summed E-state index contributed by atoms with van der Waals surface area (Å²) in [6.07, 6.45) is 1.88. The monoisotopic (exact) mass is 517 g/mol. The van der Waals surface area contributed by atoms with Crippen LogP contribution in [0.3, 0.4) is 0 Å². The van der Waals surface area contributed by atoms with Gasteiger partial charge in [0.2, 0.25) is 5.88 Å². The van der Waals surface area contributed by atoms with Gasteiger partial charge in [0.25, 0.3) is 0 Å². The van der Waals surface area contributed by atoms with Crippen LogP contribution < -0.4 is 34.7 Å². The number of nitrogens with one attached hydrogen (secondary N) is 1. The van der Waals surface area contributed by atoms with Gasteiger partial charge in [-0.2, -0.15) is 5.26 Å². The Morgan fingerprint density at radius 1 is 1.27 bits per heavy atom. The molecule has 2 aromatic rings. The first kappa shape index (κ1) is 22.0. The van der Waals surface area contributed by atoms with Gasteiger partial charge in [0.1, 0.15) is 17.3 Å². The minimum atomic E-state index is -0.434. The van der Waals surface area contributed by atoms with E-state index in [1.54, 1.807) is 20.3 Å². The van der Waals surface area contributed by atoms with E-state index in [1.165, 1.54) is 0 Å². The van der Waals surface area contributed by atoms with Gasteiger partial charge >= 0.3 is 0 Å². The van der Waals surface area contributed by atoms with Gasteiger partial charge in [0, 0.05) is 5.56 Å². The van der Waals surface area contributed by atoms with Crippen molar-refractivity contribution >= 4 is 47.0 Å². The second-order valence-electron chi connectivity index (χ2n) is 6.81. The van der Waals surface area contributed by atoms with Crippen molar-refractivity contribution in [3.63, 3.8) is 0 Å². The number of nitrogen functional groups attached to an aromatic ring is 1. The van der Waals surface area contributed by atoms with Crippen LogP contribution in [0.2, 0.25) is 6.32 Å². The molecule has 1 radical (unpaired) electrons. The molecule has 0 saturated heterocycles. The van der Waals surface area contributed by atoms with Gasteiger partial charge in [-0.3, -0.25) is 0 Å². The quantitative estimate of drug-likeness (QED) is 0.223. The van der Waals surface area contributed by atoms with E-state index in [0.29, 0.717) is 34.2 Å². The molecule has 9 heteroatoms. The molecule has 155 valence electrons. The van der Waals surface area contributed by atoms with Crippen molar-refractivity contribution in [1.82, 2.24) is 0 Å². The molecular weight excluding hydrogens is 494 g/mol.